The number of hydrogen-bond acceptors (Lipinski definition) is 3. The van der Waals surface area contributed by atoms with Gasteiger partial charge in [-0.2, -0.15) is 0 Å². The lowest BCUT2D eigenvalue weighted by molar-refractivity contribution is -0.154. The molecule has 3 nitrogen and oxygen atoms in total. The van der Waals surface area contributed by atoms with E-state index in [-0.39, 0.29) is 5.41 Å². The fraction of sp³-hybridized carbons (Fsp3) is 0.667. The Balaban J connectivity index is 4.38. The third-order valence-electron chi connectivity index (χ3n) is 2.99. The molecule has 0 rings (SSSR count). The van der Waals surface area contributed by atoms with Crippen LogP contribution in [-0.4, -0.2) is 11.9 Å². The Kier molecular flexibility index (Phi) is 8.91. The van der Waals surface area contributed by atoms with Crippen LogP contribution in [0.5, 0.6) is 0 Å². The first-order valence-corrected chi connectivity index (χ1v) is 7.80. The van der Waals surface area contributed by atoms with Gasteiger partial charge < -0.3 is 4.74 Å². The monoisotopic (exact) mass is 294 g/mol. The summed E-state index contributed by atoms with van der Waals surface area (Å²) >= 11 is 0. The molecule has 0 radical (unpaired) electrons. The van der Waals surface area contributed by atoms with E-state index in [0.29, 0.717) is 11.1 Å². The van der Waals surface area contributed by atoms with Crippen LogP contribution in [0.3, 0.4) is 0 Å². The van der Waals surface area contributed by atoms with Crippen molar-refractivity contribution in [3.05, 3.63) is 23.3 Å². The SMILES string of the molecule is CCCCCCC=C(C)C(=O)OC(=O)C(C)=CC(C)(C)C. The maximum Gasteiger partial charge on any atom is 0.341 e. The summed E-state index contributed by atoms with van der Waals surface area (Å²) in [4.78, 5) is 23.6. The molecule has 0 unspecified atom stereocenters. The molecule has 3 heteroatoms. The van der Waals surface area contributed by atoms with Crippen LogP contribution < -0.4 is 0 Å². The zero-order valence-corrected chi connectivity index (χ0v) is 14.4. The smallest absolute Gasteiger partial charge is 0.341 e. The topological polar surface area (TPSA) is 43.4 Å². The summed E-state index contributed by atoms with van der Waals surface area (Å²) in [6.45, 7) is 11.5. The number of carbonyl (C=O) groups is 2. The number of rotatable bonds is 7. The second-order valence-electron chi connectivity index (χ2n) is 6.61. The molecule has 0 aliphatic carbocycles. The molecule has 0 aromatic carbocycles. The molecule has 21 heavy (non-hydrogen) atoms. The first-order chi connectivity index (χ1) is 9.67. The van der Waals surface area contributed by atoms with Gasteiger partial charge in [0.15, 0.2) is 0 Å². The second kappa shape index (κ2) is 9.54. The number of ether oxygens (including phenoxy) is 1. The van der Waals surface area contributed by atoms with Crippen molar-refractivity contribution in [3.8, 4) is 0 Å². The molecular formula is C18H30O3. The lowest BCUT2D eigenvalue weighted by atomic mass is 9.94. The number of carbonyl (C=O) groups excluding carboxylic acids is 2. The molecule has 0 saturated carbocycles. The number of esters is 2. The van der Waals surface area contributed by atoms with Crippen molar-refractivity contribution < 1.29 is 14.3 Å². The molecule has 0 spiro atoms. The summed E-state index contributed by atoms with van der Waals surface area (Å²) < 4.78 is 4.88. The van der Waals surface area contributed by atoms with Crippen LogP contribution in [0.2, 0.25) is 0 Å². The van der Waals surface area contributed by atoms with E-state index >= 15 is 0 Å². The normalized spacial score (nSPS) is 13.2. The van der Waals surface area contributed by atoms with Crippen molar-refractivity contribution in [3.63, 3.8) is 0 Å². The molecule has 0 bridgehead atoms. The van der Waals surface area contributed by atoms with Crippen LogP contribution in [0.15, 0.2) is 23.3 Å². The molecule has 0 aliphatic heterocycles. The van der Waals surface area contributed by atoms with Crippen molar-refractivity contribution in [2.45, 2.75) is 73.6 Å². The average Bonchev–Trinajstić information content (AvgIpc) is 2.36. The second-order valence-corrected chi connectivity index (χ2v) is 6.61. The van der Waals surface area contributed by atoms with Crippen molar-refractivity contribution in [1.82, 2.24) is 0 Å². The number of hydrogen-bond donors (Lipinski definition) is 0. The Morgan fingerprint density at radius 3 is 2.05 bits per heavy atom. The van der Waals surface area contributed by atoms with Gasteiger partial charge in [0.1, 0.15) is 0 Å². The third kappa shape index (κ3) is 10.1. The largest absolute Gasteiger partial charge is 0.386 e. The molecule has 0 amide bonds. The predicted molar refractivity (Wildman–Crippen MR) is 86.8 cm³/mol. The Hall–Kier alpha value is -1.38. The molecule has 0 saturated heterocycles. The molecule has 0 N–H and O–H groups in total. The fourth-order valence-electron chi connectivity index (χ4n) is 1.93. The van der Waals surface area contributed by atoms with Gasteiger partial charge in [-0.3, -0.25) is 0 Å². The zero-order valence-electron chi connectivity index (χ0n) is 14.4. The molecule has 120 valence electrons. The quantitative estimate of drug-likeness (QED) is 0.288. The van der Waals surface area contributed by atoms with Crippen LogP contribution >= 0.6 is 0 Å². The first kappa shape index (κ1) is 19.6. The van der Waals surface area contributed by atoms with Gasteiger partial charge in [-0.1, -0.05) is 59.1 Å². The van der Waals surface area contributed by atoms with Gasteiger partial charge in [-0.15, -0.1) is 0 Å². The van der Waals surface area contributed by atoms with E-state index in [1.54, 1.807) is 13.8 Å². The number of unbranched alkanes of at least 4 members (excludes halogenated alkanes) is 4. The van der Waals surface area contributed by atoms with Gasteiger partial charge in [-0.05, 0) is 32.1 Å². The summed E-state index contributed by atoms with van der Waals surface area (Å²) in [5, 5.41) is 0. The third-order valence-corrected chi connectivity index (χ3v) is 2.99. The van der Waals surface area contributed by atoms with E-state index in [1.807, 2.05) is 32.9 Å². The lowest BCUT2D eigenvalue weighted by Crippen LogP contribution is -2.15. The highest BCUT2D eigenvalue weighted by atomic mass is 16.6. The minimum atomic E-state index is -0.561. The van der Waals surface area contributed by atoms with E-state index in [2.05, 4.69) is 6.92 Å². The van der Waals surface area contributed by atoms with Crippen LogP contribution in [0.1, 0.15) is 73.6 Å². The summed E-state index contributed by atoms with van der Waals surface area (Å²) in [6.07, 6.45) is 9.16. The first-order valence-electron chi connectivity index (χ1n) is 7.80. The van der Waals surface area contributed by atoms with Gasteiger partial charge in [-0.25, -0.2) is 9.59 Å². The molecule has 0 aromatic heterocycles. The van der Waals surface area contributed by atoms with Crippen molar-refractivity contribution in [1.29, 1.82) is 0 Å². The zero-order chi connectivity index (χ0) is 16.5. The molecule has 0 fully saturated rings. The molecule has 0 heterocycles. The van der Waals surface area contributed by atoms with Crippen molar-refractivity contribution in [2.24, 2.45) is 5.41 Å². The van der Waals surface area contributed by atoms with E-state index < -0.39 is 11.9 Å². The summed E-state index contributed by atoms with van der Waals surface area (Å²) in [5.74, 6) is -1.11. The highest BCUT2D eigenvalue weighted by molar-refractivity contribution is 6.01. The van der Waals surface area contributed by atoms with Gasteiger partial charge in [0.05, 0.1) is 0 Å². The maximum absolute atomic E-state index is 11.8. The Labute approximate surface area is 129 Å². The van der Waals surface area contributed by atoms with E-state index in [0.717, 1.165) is 12.8 Å². The predicted octanol–water partition coefficient (Wildman–Crippen LogP) is 4.97. The summed E-state index contributed by atoms with van der Waals surface area (Å²) in [5.41, 5.74) is 0.853. The average molecular weight is 294 g/mol. The van der Waals surface area contributed by atoms with E-state index in [1.165, 1.54) is 19.3 Å². The molecular weight excluding hydrogens is 264 g/mol. The van der Waals surface area contributed by atoms with Crippen molar-refractivity contribution >= 4 is 11.9 Å². The minimum Gasteiger partial charge on any atom is -0.386 e. The summed E-state index contributed by atoms with van der Waals surface area (Å²) in [6, 6.07) is 0. The Morgan fingerprint density at radius 2 is 1.52 bits per heavy atom. The molecule has 0 aliphatic rings. The fourth-order valence-corrected chi connectivity index (χ4v) is 1.93. The van der Waals surface area contributed by atoms with Crippen molar-refractivity contribution in [2.75, 3.05) is 0 Å². The van der Waals surface area contributed by atoms with E-state index in [9.17, 15) is 9.59 Å². The highest BCUT2D eigenvalue weighted by Gasteiger charge is 2.16. The summed E-state index contributed by atoms with van der Waals surface area (Å²) in [7, 11) is 0. The van der Waals surface area contributed by atoms with Gasteiger partial charge in [0.25, 0.3) is 0 Å². The van der Waals surface area contributed by atoms with Crippen LogP contribution in [0.25, 0.3) is 0 Å². The minimum absolute atomic E-state index is 0.115. The standard InChI is InChI=1S/C18H30O3/c1-7-8-9-10-11-12-14(2)16(19)21-17(20)15(3)13-18(4,5)6/h12-13H,7-11H2,1-6H3. The Morgan fingerprint density at radius 1 is 0.952 bits per heavy atom. The van der Waals surface area contributed by atoms with E-state index in [4.69, 9.17) is 4.74 Å². The molecule has 0 atom stereocenters. The number of allylic oxidation sites excluding steroid dienone is 2. The van der Waals surface area contributed by atoms with Gasteiger partial charge >= 0.3 is 11.9 Å². The van der Waals surface area contributed by atoms with Crippen LogP contribution in [0, 0.1) is 5.41 Å². The highest BCUT2D eigenvalue weighted by Crippen LogP contribution is 2.18. The lowest BCUT2D eigenvalue weighted by Gasteiger charge is -2.13. The van der Waals surface area contributed by atoms with Gasteiger partial charge in [0.2, 0.25) is 0 Å². The Bertz CT molecular complexity index is 409. The van der Waals surface area contributed by atoms with Crippen LogP contribution in [-0.2, 0) is 14.3 Å². The maximum atomic E-state index is 11.8. The van der Waals surface area contributed by atoms with Crippen LogP contribution in [0.4, 0.5) is 0 Å². The van der Waals surface area contributed by atoms with Gasteiger partial charge in [0, 0.05) is 11.1 Å². The molecule has 0 aromatic rings.